The van der Waals surface area contributed by atoms with Gasteiger partial charge in [-0.1, -0.05) is 0 Å². The Morgan fingerprint density at radius 3 is 2.12 bits per heavy atom. The van der Waals surface area contributed by atoms with E-state index in [0.29, 0.717) is 35.4 Å². The number of ether oxygens (including phenoxy) is 1. The first-order valence-corrected chi connectivity index (χ1v) is 12.6. The Morgan fingerprint density at radius 2 is 1.47 bits per heavy atom. The second-order valence-electron chi connectivity index (χ2n) is 7.58. The number of benzene rings is 3. The molecule has 0 saturated carbocycles. The number of halogens is 1. The number of Topliss-reactive ketones (excluding diaryl/α,β-unsaturated/α-hetero) is 2. The quantitative estimate of drug-likeness (QED) is 0.244. The first kappa shape index (κ1) is 22.5. The Kier molecular flexibility index (Phi) is 6.90. The van der Waals surface area contributed by atoms with Crippen molar-refractivity contribution in [2.24, 2.45) is 0 Å². The monoisotopic (exact) mass is 512 g/mol. The Balaban J connectivity index is 1.68. The van der Waals surface area contributed by atoms with Gasteiger partial charge in [-0.3, -0.25) is 0 Å². The molecule has 1 heterocycles. The molecule has 0 radical (unpaired) electrons. The van der Waals surface area contributed by atoms with Gasteiger partial charge in [0.2, 0.25) is 0 Å². The Morgan fingerprint density at radius 1 is 0.844 bits per heavy atom. The molecular weight excluding hydrogens is 491 g/mol. The summed E-state index contributed by atoms with van der Waals surface area (Å²) in [6.07, 6.45) is 1.68. The molecular formula is C26H21ClO4Se. The van der Waals surface area contributed by atoms with Crippen LogP contribution in [0.5, 0.6) is 0 Å². The molecule has 1 saturated heterocycles. The number of hydrogen-bond acceptors (Lipinski definition) is 4. The van der Waals surface area contributed by atoms with Crippen LogP contribution in [0.1, 0.15) is 50.3 Å². The second-order valence-corrected chi connectivity index (χ2v) is 11.1. The van der Waals surface area contributed by atoms with E-state index in [2.05, 4.69) is 0 Å². The van der Waals surface area contributed by atoms with Crippen LogP contribution in [-0.4, -0.2) is 37.0 Å². The minimum atomic E-state index is -1.35. The zero-order valence-electron chi connectivity index (χ0n) is 17.2. The third kappa shape index (κ3) is 4.86. The molecule has 2 unspecified atom stereocenters. The second kappa shape index (κ2) is 9.83. The molecule has 4 nitrogen and oxygen atoms in total. The molecule has 0 amide bonds. The summed E-state index contributed by atoms with van der Waals surface area (Å²) in [5.41, 5.74) is 1.37. The number of carbonyl (C=O) groups excluding carboxylic acids is 3. The van der Waals surface area contributed by atoms with Crippen LogP contribution in [0.3, 0.4) is 0 Å². The molecule has 4 rings (SSSR count). The average molecular weight is 512 g/mol. The normalized spacial score (nSPS) is 20.3. The zero-order chi connectivity index (χ0) is 22.6. The number of rotatable bonds is 6. The van der Waals surface area contributed by atoms with Crippen molar-refractivity contribution >= 4 is 44.1 Å². The van der Waals surface area contributed by atoms with E-state index < -0.39 is 25.4 Å². The molecule has 0 bridgehead atoms. The Bertz CT molecular complexity index is 1130. The van der Waals surface area contributed by atoms with Gasteiger partial charge in [0.25, 0.3) is 0 Å². The van der Waals surface area contributed by atoms with Gasteiger partial charge >= 0.3 is 198 Å². The van der Waals surface area contributed by atoms with Crippen LogP contribution in [0, 0.1) is 0 Å². The molecule has 6 heteroatoms. The third-order valence-electron chi connectivity index (χ3n) is 5.36. The van der Waals surface area contributed by atoms with Crippen molar-refractivity contribution in [2.75, 3.05) is 0 Å². The molecule has 1 aliphatic heterocycles. The summed E-state index contributed by atoms with van der Waals surface area (Å²) in [7, 11) is 0. The van der Waals surface area contributed by atoms with Gasteiger partial charge in [-0.2, -0.15) is 0 Å². The topological polar surface area (TPSA) is 60.4 Å². The Labute approximate surface area is 198 Å². The van der Waals surface area contributed by atoms with Crippen molar-refractivity contribution in [3.05, 3.63) is 107 Å². The molecule has 2 atom stereocenters. The summed E-state index contributed by atoms with van der Waals surface area (Å²) < 4.78 is 4.63. The first-order valence-electron chi connectivity index (χ1n) is 10.3. The van der Waals surface area contributed by atoms with Crippen LogP contribution in [0.25, 0.3) is 0 Å². The molecule has 0 N–H and O–H groups in total. The van der Waals surface area contributed by atoms with Crippen LogP contribution >= 0.6 is 11.6 Å². The van der Waals surface area contributed by atoms with Crippen molar-refractivity contribution in [2.45, 2.75) is 28.6 Å². The van der Waals surface area contributed by atoms with Crippen molar-refractivity contribution in [3.8, 4) is 0 Å². The van der Waals surface area contributed by atoms with E-state index in [9.17, 15) is 14.4 Å². The van der Waals surface area contributed by atoms with Gasteiger partial charge in [-0.25, -0.2) is 0 Å². The SMILES string of the molecule is O=C(OC1(C(=O)c2ccccc2)CCCC(C(=O)c2ccccc2)[Se]1)c1cccc(Cl)c1. The van der Waals surface area contributed by atoms with Crippen molar-refractivity contribution < 1.29 is 19.1 Å². The predicted octanol–water partition coefficient (Wildman–Crippen LogP) is 5.64. The van der Waals surface area contributed by atoms with E-state index in [1.165, 1.54) is 6.07 Å². The summed E-state index contributed by atoms with van der Waals surface area (Å²) in [5.74, 6) is -0.861. The summed E-state index contributed by atoms with van der Waals surface area (Å²) in [6, 6.07) is 24.4. The van der Waals surface area contributed by atoms with E-state index in [4.69, 9.17) is 16.3 Å². The summed E-state index contributed by atoms with van der Waals surface area (Å²) >= 11 is 5.46. The molecule has 3 aromatic carbocycles. The molecule has 0 aromatic heterocycles. The average Bonchev–Trinajstić information content (AvgIpc) is 2.84. The third-order valence-corrected chi connectivity index (χ3v) is 8.92. The molecule has 1 fully saturated rings. The van der Waals surface area contributed by atoms with E-state index in [1.54, 1.807) is 54.6 Å². The van der Waals surface area contributed by atoms with Gasteiger partial charge in [0, 0.05) is 0 Å². The summed E-state index contributed by atoms with van der Waals surface area (Å²) in [6.45, 7) is 0. The van der Waals surface area contributed by atoms with Crippen LogP contribution < -0.4 is 0 Å². The molecule has 0 spiro atoms. The number of carbonyl (C=O) groups is 3. The van der Waals surface area contributed by atoms with Crippen LogP contribution in [0.2, 0.25) is 9.84 Å². The maximum absolute atomic E-state index is 13.7. The number of esters is 1. The van der Waals surface area contributed by atoms with Gasteiger partial charge < -0.3 is 0 Å². The molecule has 1 aliphatic rings. The molecule has 32 heavy (non-hydrogen) atoms. The van der Waals surface area contributed by atoms with Gasteiger partial charge in [-0.05, 0) is 0 Å². The van der Waals surface area contributed by atoms with E-state index in [1.807, 2.05) is 24.3 Å². The van der Waals surface area contributed by atoms with Crippen molar-refractivity contribution in [1.82, 2.24) is 0 Å². The fourth-order valence-electron chi connectivity index (χ4n) is 3.76. The summed E-state index contributed by atoms with van der Waals surface area (Å²) in [4.78, 5) is 39.6. The standard InChI is InChI=1S/C26H21ClO4Se/c27-21-14-7-13-20(17-21)25(30)31-26(24(29)19-11-5-2-6-12-19)16-8-15-22(32-26)23(28)18-9-3-1-4-10-18/h1-7,9-14,17,22H,8,15-16H2. The van der Waals surface area contributed by atoms with Crippen LogP contribution in [-0.2, 0) is 4.74 Å². The number of hydrogen-bond donors (Lipinski definition) is 0. The van der Waals surface area contributed by atoms with E-state index >= 15 is 0 Å². The zero-order valence-corrected chi connectivity index (χ0v) is 19.7. The van der Waals surface area contributed by atoms with Gasteiger partial charge in [0.05, 0.1) is 0 Å². The van der Waals surface area contributed by atoms with Crippen LogP contribution in [0.4, 0.5) is 0 Å². The minimum absolute atomic E-state index is 0.00524. The van der Waals surface area contributed by atoms with Crippen LogP contribution in [0.15, 0.2) is 84.9 Å². The fourth-order valence-corrected chi connectivity index (χ4v) is 7.31. The predicted molar refractivity (Wildman–Crippen MR) is 124 cm³/mol. The maximum atomic E-state index is 13.7. The van der Waals surface area contributed by atoms with Crippen molar-refractivity contribution in [1.29, 1.82) is 0 Å². The van der Waals surface area contributed by atoms with Gasteiger partial charge in [-0.15, -0.1) is 0 Å². The number of ketones is 2. The summed E-state index contributed by atoms with van der Waals surface area (Å²) in [5, 5.41) is 0.411. The molecule has 162 valence electrons. The Hall–Kier alpha value is -2.72. The first-order chi connectivity index (χ1) is 15.5. The molecule has 3 aromatic rings. The van der Waals surface area contributed by atoms with Gasteiger partial charge in [0.15, 0.2) is 0 Å². The van der Waals surface area contributed by atoms with E-state index in [-0.39, 0.29) is 21.9 Å². The van der Waals surface area contributed by atoms with E-state index in [0.717, 1.165) is 0 Å². The van der Waals surface area contributed by atoms with Gasteiger partial charge in [0.1, 0.15) is 0 Å². The fraction of sp³-hybridized carbons (Fsp3) is 0.192. The molecule has 0 aliphatic carbocycles. The van der Waals surface area contributed by atoms with Crippen molar-refractivity contribution in [3.63, 3.8) is 0 Å².